The molecule has 3 atom stereocenters. The van der Waals surface area contributed by atoms with Crippen molar-refractivity contribution in [3.8, 4) is 5.75 Å². The number of ketones is 1. The number of carbonyl (C=O) groups excluding carboxylic acids is 2. The Morgan fingerprint density at radius 1 is 1.38 bits per heavy atom. The Morgan fingerprint density at radius 3 is 2.62 bits per heavy atom. The van der Waals surface area contributed by atoms with Crippen LogP contribution in [0.2, 0.25) is 4.34 Å². The summed E-state index contributed by atoms with van der Waals surface area (Å²) in [6.07, 6.45) is -0.949. The van der Waals surface area contributed by atoms with Crippen LogP contribution < -0.4 is 44.5 Å². The molecule has 13 heteroatoms. The van der Waals surface area contributed by atoms with Crippen LogP contribution in [0.4, 0.5) is 0 Å². The average Bonchev–Trinajstić information content (AvgIpc) is 3.08. The van der Waals surface area contributed by atoms with Crippen molar-refractivity contribution >= 4 is 42.5 Å². The van der Waals surface area contributed by atoms with Crippen LogP contribution in [0.25, 0.3) is 0 Å². The molecule has 0 radical (unpaired) electrons. The summed E-state index contributed by atoms with van der Waals surface area (Å²) in [4.78, 5) is 44.6. The van der Waals surface area contributed by atoms with Crippen molar-refractivity contribution in [2.24, 2.45) is 0 Å². The molecule has 2 heterocycles. The van der Waals surface area contributed by atoms with Crippen LogP contribution in [0, 0.1) is 0 Å². The molecule has 0 bridgehead atoms. The van der Waals surface area contributed by atoms with Gasteiger partial charge in [0.15, 0.2) is 12.6 Å². The number of thiophene rings is 1. The maximum absolute atomic E-state index is 12.9. The van der Waals surface area contributed by atoms with E-state index in [1.165, 1.54) is 18.3 Å². The van der Waals surface area contributed by atoms with Crippen molar-refractivity contribution in [3.05, 3.63) is 50.7 Å². The maximum Gasteiger partial charge on any atom is 1.00 e. The van der Waals surface area contributed by atoms with Gasteiger partial charge >= 0.3 is 29.6 Å². The molecule has 1 amide bonds. The molecule has 1 unspecified atom stereocenters. The van der Waals surface area contributed by atoms with Crippen molar-refractivity contribution in [1.29, 1.82) is 0 Å². The summed E-state index contributed by atoms with van der Waals surface area (Å²) >= 11 is 7.28. The van der Waals surface area contributed by atoms with Crippen LogP contribution in [0.15, 0.2) is 29.6 Å². The van der Waals surface area contributed by atoms with Crippen LogP contribution in [0.1, 0.15) is 53.1 Å². The topological polar surface area (TPSA) is 134 Å². The number of nitrogens with one attached hydrogen (secondary N) is 1. The van der Waals surface area contributed by atoms with Gasteiger partial charge < -0.3 is 24.6 Å². The number of phosphoric ester groups is 1. The van der Waals surface area contributed by atoms with E-state index in [-0.39, 0.29) is 40.9 Å². The first-order valence-corrected chi connectivity index (χ1v) is 11.8. The van der Waals surface area contributed by atoms with Gasteiger partial charge in [0.05, 0.1) is 11.6 Å². The van der Waals surface area contributed by atoms with Gasteiger partial charge in [0.1, 0.15) is 21.8 Å². The summed E-state index contributed by atoms with van der Waals surface area (Å²) in [6.45, 7) is 3.98. The van der Waals surface area contributed by atoms with Gasteiger partial charge in [0, 0.05) is 11.1 Å². The van der Waals surface area contributed by atoms with Gasteiger partial charge in [-0.05, 0) is 50.4 Å². The monoisotopic (exact) mass is 511 g/mol. The first kappa shape index (κ1) is 27.5. The zero-order valence-corrected chi connectivity index (χ0v) is 22.3. The van der Waals surface area contributed by atoms with E-state index in [2.05, 4.69) is 9.84 Å². The summed E-state index contributed by atoms with van der Waals surface area (Å²) < 4.78 is 27.1. The minimum atomic E-state index is -5.02. The SMILES string of the molecule is CC(=O)c1ccc2c(c1)[C@H](NC(=O)c1ccsc1Cl)[C@@H](OCOP(=O)([O-])O)C(C)(C)O2.[Na+]. The summed E-state index contributed by atoms with van der Waals surface area (Å²) in [6, 6.07) is 5.52. The third kappa shape index (κ3) is 6.42. The molecule has 2 N–H and O–H groups in total. The largest absolute Gasteiger partial charge is 1.00 e. The third-order valence-corrected chi connectivity index (χ3v) is 6.33. The van der Waals surface area contributed by atoms with Crippen LogP contribution >= 0.6 is 30.8 Å². The molecule has 2 aromatic rings. The van der Waals surface area contributed by atoms with E-state index in [4.69, 9.17) is 26.0 Å². The summed E-state index contributed by atoms with van der Waals surface area (Å²) in [7, 11) is -5.02. The van der Waals surface area contributed by atoms with Crippen LogP contribution in [0.3, 0.4) is 0 Å². The maximum atomic E-state index is 12.9. The Balaban J connectivity index is 0.00000363. The molecule has 1 aromatic heterocycles. The molecular formula is C19H20ClNNaO8PS. The number of ether oxygens (including phenoxy) is 2. The standard InChI is InChI=1S/C19H21ClNO8PS.Na/c1-10(22)11-4-5-14-13(8-11)15(21-18(23)12-6-7-31-17(12)20)16(19(2,3)29-14)27-9-28-30(24,25)26;/h4-8,15-16H,9H2,1-3H3,(H,21,23)(H2,24,25,26);/q;+1/p-1/t15-,16+;/m0./s1. The van der Waals surface area contributed by atoms with Crippen molar-refractivity contribution < 1.29 is 67.5 Å². The molecule has 1 aliphatic heterocycles. The number of phosphoric acid groups is 1. The zero-order chi connectivity index (χ0) is 23.0. The predicted molar refractivity (Wildman–Crippen MR) is 111 cm³/mol. The second-order valence-electron chi connectivity index (χ2n) is 7.38. The van der Waals surface area contributed by atoms with Crippen LogP contribution in [-0.4, -0.2) is 35.1 Å². The van der Waals surface area contributed by atoms with Crippen molar-refractivity contribution in [1.82, 2.24) is 5.32 Å². The first-order chi connectivity index (χ1) is 14.4. The number of halogens is 1. The van der Waals surface area contributed by atoms with Gasteiger partial charge in [-0.1, -0.05) is 11.6 Å². The molecule has 0 spiro atoms. The van der Waals surface area contributed by atoms with E-state index in [1.54, 1.807) is 43.5 Å². The molecule has 3 rings (SSSR count). The molecule has 0 saturated carbocycles. The average molecular weight is 512 g/mol. The molecule has 0 fully saturated rings. The van der Waals surface area contributed by atoms with Crippen LogP contribution in [0.5, 0.6) is 5.75 Å². The number of amides is 1. The fraction of sp³-hybridized carbons (Fsp3) is 0.368. The molecule has 0 aliphatic carbocycles. The normalized spacial score (nSPS) is 20.8. The van der Waals surface area contributed by atoms with E-state index >= 15 is 0 Å². The second kappa shape index (κ2) is 10.7. The Labute approximate surface area is 215 Å². The van der Waals surface area contributed by atoms with E-state index < -0.39 is 38.3 Å². The fourth-order valence-corrected chi connectivity index (χ4v) is 4.41. The number of rotatable bonds is 7. The number of benzene rings is 1. The minimum Gasteiger partial charge on any atom is -0.756 e. The van der Waals surface area contributed by atoms with Gasteiger partial charge in [-0.15, -0.1) is 11.3 Å². The Bertz CT molecular complexity index is 1060. The van der Waals surface area contributed by atoms with E-state index in [0.717, 1.165) is 0 Å². The Morgan fingerprint density at radius 2 is 2.06 bits per heavy atom. The molecule has 0 saturated heterocycles. The van der Waals surface area contributed by atoms with Crippen LogP contribution in [-0.2, 0) is 13.8 Å². The molecule has 9 nitrogen and oxygen atoms in total. The number of Topliss-reactive ketones (excluding diaryl/α,β-unsaturated/α-hetero) is 1. The third-order valence-electron chi connectivity index (χ3n) is 4.72. The van der Waals surface area contributed by atoms with Crippen molar-refractivity contribution in [2.45, 2.75) is 38.5 Å². The van der Waals surface area contributed by atoms with Gasteiger partial charge in [-0.3, -0.25) is 18.7 Å². The fourth-order valence-electron chi connectivity index (χ4n) is 3.30. The van der Waals surface area contributed by atoms with Gasteiger partial charge in [-0.2, -0.15) is 0 Å². The van der Waals surface area contributed by atoms with E-state index in [9.17, 15) is 19.0 Å². The number of hydrogen-bond donors (Lipinski definition) is 2. The van der Waals surface area contributed by atoms with E-state index in [0.29, 0.717) is 21.2 Å². The number of carbonyl (C=O) groups is 2. The van der Waals surface area contributed by atoms with Gasteiger partial charge in [-0.25, -0.2) is 0 Å². The van der Waals surface area contributed by atoms with Crippen molar-refractivity contribution in [2.75, 3.05) is 6.79 Å². The van der Waals surface area contributed by atoms with Crippen molar-refractivity contribution in [3.63, 3.8) is 0 Å². The molecular weight excluding hydrogens is 492 g/mol. The molecule has 32 heavy (non-hydrogen) atoms. The second-order valence-corrected chi connectivity index (χ2v) is 10.1. The quantitative estimate of drug-likeness (QED) is 0.231. The molecule has 1 aromatic carbocycles. The summed E-state index contributed by atoms with van der Waals surface area (Å²) in [5, 5.41) is 4.51. The van der Waals surface area contributed by atoms with Gasteiger partial charge in [0.2, 0.25) is 0 Å². The van der Waals surface area contributed by atoms with Gasteiger partial charge in [0.25, 0.3) is 13.7 Å². The number of hydrogen-bond acceptors (Lipinski definition) is 8. The Hall–Kier alpha value is -0.780. The van der Waals surface area contributed by atoms with E-state index in [1.807, 2.05) is 0 Å². The number of fused-ring (bicyclic) bond motifs is 1. The Kier molecular flexibility index (Phi) is 9.14. The minimum absolute atomic E-state index is 0. The summed E-state index contributed by atoms with van der Waals surface area (Å²) in [5.41, 5.74) is 0.0669. The predicted octanol–water partition coefficient (Wildman–Crippen LogP) is 0.0702. The first-order valence-electron chi connectivity index (χ1n) is 9.07. The zero-order valence-electron chi connectivity index (χ0n) is 17.8. The summed E-state index contributed by atoms with van der Waals surface area (Å²) in [5.74, 6) is -0.250. The molecule has 168 valence electrons. The smallest absolute Gasteiger partial charge is 0.756 e. The molecule has 1 aliphatic rings.